The molecular weight excluding hydrogens is 236 g/mol. The number of nitrogens with zero attached hydrogens (tertiary/aromatic N) is 1. The molecule has 0 atom stereocenters. The lowest BCUT2D eigenvalue weighted by atomic mass is 9.82. The van der Waals surface area contributed by atoms with Crippen molar-refractivity contribution in [2.24, 2.45) is 11.7 Å². The summed E-state index contributed by atoms with van der Waals surface area (Å²) in [6.45, 7) is 3.67. The van der Waals surface area contributed by atoms with Gasteiger partial charge in [-0.2, -0.15) is 0 Å². The van der Waals surface area contributed by atoms with Crippen LogP contribution >= 0.6 is 0 Å². The maximum atomic E-state index is 6.14. The van der Waals surface area contributed by atoms with E-state index in [2.05, 4.69) is 11.9 Å². The van der Waals surface area contributed by atoms with Gasteiger partial charge in [-0.05, 0) is 38.6 Å². The molecule has 0 radical (unpaired) electrons. The topological polar surface area (TPSA) is 38.5 Å². The van der Waals surface area contributed by atoms with Crippen molar-refractivity contribution in [3.63, 3.8) is 0 Å². The fourth-order valence-electron chi connectivity index (χ4n) is 3.28. The molecule has 0 heterocycles. The molecule has 0 aromatic rings. The minimum Gasteiger partial charge on any atom is -0.380 e. The summed E-state index contributed by atoms with van der Waals surface area (Å²) in [4.78, 5) is 2.49. The summed E-state index contributed by atoms with van der Waals surface area (Å²) in [5, 5.41) is 0. The van der Waals surface area contributed by atoms with E-state index in [0.29, 0.717) is 0 Å². The van der Waals surface area contributed by atoms with E-state index in [0.717, 1.165) is 32.2 Å². The zero-order chi connectivity index (χ0) is 13.6. The summed E-state index contributed by atoms with van der Waals surface area (Å²) < 4.78 is 5.78. The molecule has 3 heteroatoms. The van der Waals surface area contributed by atoms with Gasteiger partial charge in [0.05, 0.1) is 6.61 Å². The Balaban J connectivity index is 1.75. The lowest BCUT2D eigenvalue weighted by Gasteiger charge is -2.42. The third-order valence-corrected chi connectivity index (χ3v) is 5.10. The molecule has 2 saturated carbocycles. The highest BCUT2D eigenvalue weighted by atomic mass is 16.5. The van der Waals surface area contributed by atoms with E-state index in [1.165, 1.54) is 57.8 Å². The monoisotopic (exact) mass is 268 g/mol. The maximum Gasteiger partial charge on any atom is 0.0593 e. The van der Waals surface area contributed by atoms with Crippen LogP contribution in [0.4, 0.5) is 0 Å². The van der Waals surface area contributed by atoms with Crippen molar-refractivity contribution in [1.29, 1.82) is 0 Å². The third kappa shape index (κ3) is 4.73. The van der Waals surface area contributed by atoms with Crippen molar-refractivity contribution < 1.29 is 4.74 Å². The summed E-state index contributed by atoms with van der Waals surface area (Å²) in [5.74, 6) is 0.871. The summed E-state index contributed by atoms with van der Waals surface area (Å²) in [6, 6.07) is 0. The van der Waals surface area contributed by atoms with Crippen molar-refractivity contribution in [3.05, 3.63) is 0 Å². The molecule has 19 heavy (non-hydrogen) atoms. The summed E-state index contributed by atoms with van der Waals surface area (Å²) in [6.07, 6.45) is 12.1. The lowest BCUT2D eigenvalue weighted by Crippen LogP contribution is -2.53. The van der Waals surface area contributed by atoms with Crippen molar-refractivity contribution in [2.45, 2.75) is 63.3 Å². The third-order valence-electron chi connectivity index (χ3n) is 5.10. The molecule has 0 aromatic carbocycles. The van der Waals surface area contributed by atoms with Crippen LogP contribution in [0.1, 0.15) is 57.8 Å². The van der Waals surface area contributed by atoms with Crippen molar-refractivity contribution >= 4 is 0 Å². The van der Waals surface area contributed by atoms with Crippen LogP contribution in [0.2, 0.25) is 0 Å². The highest BCUT2D eigenvalue weighted by Gasteiger charge is 2.32. The van der Waals surface area contributed by atoms with E-state index in [-0.39, 0.29) is 5.54 Å². The van der Waals surface area contributed by atoms with E-state index < -0.39 is 0 Å². The van der Waals surface area contributed by atoms with Gasteiger partial charge in [-0.25, -0.2) is 0 Å². The maximum absolute atomic E-state index is 6.14. The number of ether oxygens (including phenoxy) is 1. The standard InChI is InChI=1S/C16H32N2O/c1-18(11-12-19-13-15-7-8-15)16(14-17)9-5-3-2-4-6-10-16/h15H,2-14,17H2,1H3. The second-order valence-electron chi connectivity index (χ2n) is 6.64. The summed E-state index contributed by atoms with van der Waals surface area (Å²) in [5.41, 5.74) is 6.38. The Kier molecular flexibility index (Phi) is 6.11. The minimum atomic E-state index is 0.239. The van der Waals surface area contributed by atoms with Crippen molar-refractivity contribution in [3.8, 4) is 0 Å². The fraction of sp³-hybridized carbons (Fsp3) is 1.00. The van der Waals surface area contributed by atoms with Gasteiger partial charge in [-0.3, -0.25) is 4.90 Å². The van der Waals surface area contributed by atoms with Gasteiger partial charge in [-0.15, -0.1) is 0 Å². The first kappa shape index (κ1) is 15.3. The lowest BCUT2D eigenvalue weighted by molar-refractivity contribution is 0.0452. The van der Waals surface area contributed by atoms with Crippen LogP contribution in [0.15, 0.2) is 0 Å². The molecule has 2 fully saturated rings. The Morgan fingerprint density at radius 1 is 1.11 bits per heavy atom. The molecule has 0 aliphatic heterocycles. The van der Waals surface area contributed by atoms with Gasteiger partial charge >= 0.3 is 0 Å². The average Bonchev–Trinajstić information content (AvgIpc) is 3.19. The van der Waals surface area contributed by atoms with Crippen LogP contribution in [-0.2, 0) is 4.74 Å². The largest absolute Gasteiger partial charge is 0.380 e. The number of likely N-dealkylation sites (N-methyl/N-ethyl adjacent to an activating group) is 1. The predicted molar refractivity (Wildman–Crippen MR) is 80.3 cm³/mol. The zero-order valence-electron chi connectivity index (χ0n) is 12.7. The minimum absolute atomic E-state index is 0.239. The molecule has 2 N–H and O–H groups in total. The zero-order valence-corrected chi connectivity index (χ0v) is 12.7. The van der Waals surface area contributed by atoms with E-state index in [1.54, 1.807) is 0 Å². The second-order valence-corrected chi connectivity index (χ2v) is 6.64. The Labute approximate surface area is 118 Å². The van der Waals surface area contributed by atoms with Crippen molar-refractivity contribution in [1.82, 2.24) is 4.90 Å². The smallest absolute Gasteiger partial charge is 0.0593 e. The van der Waals surface area contributed by atoms with Gasteiger partial charge in [-0.1, -0.05) is 32.1 Å². The van der Waals surface area contributed by atoms with E-state index >= 15 is 0 Å². The molecule has 0 amide bonds. The molecular formula is C16H32N2O. The van der Waals surface area contributed by atoms with Gasteiger partial charge in [0.2, 0.25) is 0 Å². The summed E-state index contributed by atoms with van der Waals surface area (Å²) >= 11 is 0. The molecule has 0 unspecified atom stereocenters. The molecule has 112 valence electrons. The number of hydrogen-bond donors (Lipinski definition) is 1. The Bertz CT molecular complexity index is 245. The quantitative estimate of drug-likeness (QED) is 0.722. The molecule has 2 aliphatic carbocycles. The van der Waals surface area contributed by atoms with E-state index in [1.807, 2.05) is 0 Å². The van der Waals surface area contributed by atoms with Crippen LogP contribution in [-0.4, -0.2) is 43.8 Å². The van der Waals surface area contributed by atoms with Gasteiger partial charge in [0, 0.05) is 25.2 Å². The first-order chi connectivity index (χ1) is 9.27. The molecule has 0 bridgehead atoms. The predicted octanol–water partition coefficient (Wildman–Crippen LogP) is 2.79. The molecule has 0 spiro atoms. The van der Waals surface area contributed by atoms with Gasteiger partial charge in [0.15, 0.2) is 0 Å². The SMILES string of the molecule is CN(CCOCC1CC1)C1(CN)CCCCCCC1. The van der Waals surface area contributed by atoms with E-state index in [9.17, 15) is 0 Å². The van der Waals surface area contributed by atoms with Crippen LogP contribution in [0.25, 0.3) is 0 Å². The highest BCUT2D eigenvalue weighted by Crippen LogP contribution is 2.31. The summed E-state index contributed by atoms with van der Waals surface area (Å²) in [7, 11) is 2.24. The second kappa shape index (κ2) is 7.61. The Hall–Kier alpha value is -0.120. The molecule has 0 saturated heterocycles. The van der Waals surface area contributed by atoms with Crippen molar-refractivity contribution in [2.75, 3.05) is 33.4 Å². The number of nitrogens with two attached hydrogens (primary N) is 1. The van der Waals surface area contributed by atoms with E-state index in [4.69, 9.17) is 10.5 Å². The number of rotatable bonds is 7. The first-order valence-corrected chi connectivity index (χ1v) is 8.26. The molecule has 0 aromatic heterocycles. The first-order valence-electron chi connectivity index (χ1n) is 8.26. The van der Waals surface area contributed by atoms with Gasteiger partial charge in [0.1, 0.15) is 0 Å². The highest BCUT2D eigenvalue weighted by molar-refractivity contribution is 4.91. The van der Waals surface area contributed by atoms with Crippen LogP contribution in [0.5, 0.6) is 0 Å². The van der Waals surface area contributed by atoms with Crippen LogP contribution < -0.4 is 5.73 Å². The normalized spacial score (nSPS) is 24.2. The Morgan fingerprint density at radius 2 is 1.74 bits per heavy atom. The average molecular weight is 268 g/mol. The molecule has 3 nitrogen and oxygen atoms in total. The van der Waals surface area contributed by atoms with Crippen LogP contribution in [0.3, 0.4) is 0 Å². The Morgan fingerprint density at radius 3 is 2.32 bits per heavy atom. The number of hydrogen-bond acceptors (Lipinski definition) is 3. The van der Waals surface area contributed by atoms with Gasteiger partial charge < -0.3 is 10.5 Å². The fourth-order valence-corrected chi connectivity index (χ4v) is 3.28. The molecule has 2 aliphatic rings. The molecule has 2 rings (SSSR count). The van der Waals surface area contributed by atoms with Gasteiger partial charge in [0.25, 0.3) is 0 Å². The van der Waals surface area contributed by atoms with Crippen LogP contribution in [0, 0.1) is 5.92 Å².